The number of likely N-dealkylation sites (tertiary alicyclic amines) is 1. The molecule has 0 aliphatic carbocycles. The maximum absolute atomic E-state index is 12.2. The molecule has 2 aromatic heterocycles. The molecule has 1 aromatic carbocycles. The van der Waals surface area contributed by atoms with Crippen molar-refractivity contribution in [1.82, 2.24) is 29.2 Å². The van der Waals surface area contributed by atoms with Gasteiger partial charge in [-0.25, -0.2) is 14.6 Å². The lowest BCUT2D eigenvalue weighted by Crippen LogP contribution is -2.37. The lowest BCUT2D eigenvalue weighted by Gasteiger charge is -2.32. The maximum atomic E-state index is 12.2. The van der Waals surface area contributed by atoms with Crippen molar-refractivity contribution in [2.75, 3.05) is 26.2 Å². The predicted molar refractivity (Wildman–Crippen MR) is 140 cm³/mol. The minimum absolute atomic E-state index is 0.209. The molecule has 3 aromatic rings. The van der Waals surface area contributed by atoms with Crippen molar-refractivity contribution in [2.24, 2.45) is 5.92 Å². The van der Waals surface area contributed by atoms with Gasteiger partial charge in [-0.15, -0.1) is 0 Å². The Bertz CT molecular complexity index is 1230. The summed E-state index contributed by atoms with van der Waals surface area (Å²) in [6, 6.07) is 6.82. The summed E-state index contributed by atoms with van der Waals surface area (Å²) in [6.07, 6.45) is 4.88. The second-order valence-electron chi connectivity index (χ2n) is 11.0. The van der Waals surface area contributed by atoms with Crippen molar-refractivity contribution in [3.63, 3.8) is 0 Å². The first-order valence-electron chi connectivity index (χ1n) is 13.3. The number of ketones is 1. The standard InChI is InChI=1S/C28H38N6O2/c1-18(2)14-23(35)16-32-10-8-21(9-11-32)22-6-7-24-26(15-22)36-13-12-33-17-25(30-27(24)33)28-29-20(5)31-34(28)19(3)4/h6-7,15,17-19,21H,8-14,16H2,1-5H3. The molecule has 2 aliphatic heterocycles. The number of rotatable bonds is 7. The van der Waals surface area contributed by atoms with E-state index in [0.717, 1.165) is 67.0 Å². The zero-order chi connectivity index (χ0) is 25.4. The summed E-state index contributed by atoms with van der Waals surface area (Å²) in [5, 5.41) is 4.56. The molecule has 4 heterocycles. The first-order valence-corrected chi connectivity index (χ1v) is 13.3. The van der Waals surface area contributed by atoms with Crippen LogP contribution in [-0.4, -0.2) is 61.2 Å². The van der Waals surface area contributed by atoms with Gasteiger partial charge in [0.1, 0.15) is 35.5 Å². The van der Waals surface area contributed by atoms with E-state index in [9.17, 15) is 4.79 Å². The molecule has 0 radical (unpaired) electrons. The second-order valence-corrected chi connectivity index (χ2v) is 11.0. The van der Waals surface area contributed by atoms with E-state index >= 15 is 0 Å². The summed E-state index contributed by atoms with van der Waals surface area (Å²) in [4.78, 5) is 24.2. The van der Waals surface area contributed by atoms with Crippen LogP contribution in [0.1, 0.15) is 70.3 Å². The summed E-state index contributed by atoms with van der Waals surface area (Å²) < 4.78 is 10.3. The highest BCUT2D eigenvalue weighted by Crippen LogP contribution is 2.38. The van der Waals surface area contributed by atoms with Gasteiger partial charge in [0.2, 0.25) is 0 Å². The van der Waals surface area contributed by atoms with Crippen molar-refractivity contribution in [2.45, 2.75) is 72.4 Å². The second kappa shape index (κ2) is 10.2. The molecule has 5 rings (SSSR count). The largest absolute Gasteiger partial charge is 0.491 e. The Labute approximate surface area is 213 Å². The molecule has 8 heteroatoms. The number of hydrogen-bond donors (Lipinski definition) is 0. The molecule has 0 saturated carbocycles. The zero-order valence-electron chi connectivity index (χ0n) is 22.2. The van der Waals surface area contributed by atoms with Gasteiger partial charge in [-0.3, -0.25) is 9.69 Å². The Morgan fingerprint density at radius 3 is 2.58 bits per heavy atom. The zero-order valence-corrected chi connectivity index (χ0v) is 22.2. The number of ether oxygens (including phenoxy) is 1. The van der Waals surface area contributed by atoms with Crippen LogP contribution in [0.5, 0.6) is 5.75 Å². The van der Waals surface area contributed by atoms with E-state index in [1.165, 1.54) is 5.56 Å². The summed E-state index contributed by atoms with van der Waals surface area (Å²) in [7, 11) is 0. The van der Waals surface area contributed by atoms with Crippen LogP contribution in [0.25, 0.3) is 22.9 Å². The molecule has 0 amide bonds. The van der Waals surface area contributed by atoms with Crippen molar-refractivity contribution >= 4 is 5.78 Å². The van der Waals surface area contributed by atoms with E-state index in [1.807, 2.05) is 11.6 Å². The third kappa shape index (κ3) is 5.09. The Balaban J connectivity index is 1.34. The van der Waals surface area contributed by atoms with Crippen LogP contribution in [0, 0.1) is 12.8 Å². The molecule has 0 spiro atoms. The number of carbonyl (C=O) groups excluding carboxylic acids is 1. The molecular formula is C28H38N6O2. The highest BCUT2D eigenvalue weighted by molar-refractivity contribution is 5.80. The molecule has 192 valence electrons. The average Bonchev–Trinajstić information content (AvgIpc) is 3.38. The quantitative estimate of drug-likeness (QED) is 0.470. The van der Waals surface area contributed by atoms with Crippen molar-refractivity contribution in [3.05, 3.63) is 35.8 Å². The van der Waals surface area contributed by atoms with Crippen LogP contribution in [-0.2, 0) is 11.3 Å². The van der Waals surface area contributed by atoms with Gasteiger partial charge in [-0.05, 0) is 76.2 Å². The van der Waals surface area contributed by atoms with E-state index in [4.69, 9.17) is 9.72 Å². The van der Waals surface area contributed by atoms with Gasteiger partial charge < -0.3 is 9.30 Å². The van der Waals surface area contributed by atoms with E-state index in [2.05, 4.69) is 71.6 Å². The van der Waals surface area contributed by atoms with Gasteiger partial charge in [-0.1, -0.05) is 19.9 Å². The first-order chi connectivity index (χ1) is 17.3. The number of aromatic nitrogens is 5. The predicted octanol–water partition coefficient (Wildman–Crippen LogP) is 4.88. The van der Waals surface area contributed by atoms with Crippen LogP contribution in [0.3, 0.4) is 0 Å². The minimum atomic E-state index is 0.209. The third-order valence-electron chi connectivity index (χ3n) is 7.16. The van der Waals surface area contributed by atoms with Crippen LogP contribution >= 0.6 is 0 Å². The van der Waals surface area contributed by atoms with E-state index in [0.29, 0.717) is 37.2 Å². The van der Waals surface area contributed by atoms with Crippen LogP contribution in [0.2, 0.25) is 0 Å². The van der Waals surface area contributed by atoms with Crippen molar-refractivity contribution in [3.8, 4) is 28.7 Å². The Morgan fingerprint density at radius 2 is 1.86 bits per heavy atom. The number of carbonyl (C=O) groups is 1. The Kier molecular flexibility index (Phi) is 6.97. The highest BCUT2D eigenvalue weighted by atomic mass is 16.5. The molecule has 0 atom stereocenters. The maximum Gasteiger partial charge on any atom is 0.178 e. The number of Topliss-reactive ketones (excluding diaryl/α,β-unsaturated/α-hetero) is 1. The average molecular weight is 491 g/mol. The number of imidazole rings is 1. The molecule has 8 nitrogen and oxygen atoms in total. The molecule has 2 aliphatic rings. The fourth-order valence-corrected chi connectivity index (χ4v) is 5.42. The van der Waals surface area contributed by atoms with Gasteiger partial charge in [0.15, 0.2) is 5.82 Å². The third-order valence-corrected chi connectivity index (χ3v) is 7.16. The monoisotopic (exact) mass is 490 g/mol. The molecule has 1 fully saturated rings. The van der Waals surface area contributed by atoms with Gasteiger partial charge in [0, 0.05) is 18.7 Å². The number of piperidine rings is 1. The van der Waals surface area contributed by atoms with Crippen LogP contribution < -0.4 is 4.74 Å². The summed E-state index contributed by atoms with van der Waals surface area (Å²) in [5.74, 6) is 4.66. The van der Waals surface area contributed by atoms with Gasteiger partial charge in [0.25, 0.3) is 0 Å². The first kappa shape index (κ1) is 24.7. The van der Waals surface area contributed by atoms with Gasteiger partial charge in [0.05, 0.1) is 18.7 Å². The van der Waals surface area contributed by atoms with Crippen molar-refractivity contribution in [1.29, 1.82) is 0 Å². The van der Waals surface area contributed by atoms with Gasteiger partial charge >= 0.3 is 0 Å². The smallest absolute Gasteiger partial charge is 0.178 e. The number of benzene rings is 1. The molecule has 1 saturated heterocycles. The normalized spacial score (nSPS) is 16.6. The minimum Gasteiger partial charge on any atom is -0.491 e. The molecular weight excluding hydrogens is 452 g/mol. The van der Waals surface area contributed by atoms with Gasteiger partial charge in [-0.2, -0.15) is 5.10 Å². The van der Waals surface area contributed by atoms with Crippen LogP contribution in [0.4, 0.5) is 0 Å². The fourth-order valence-electron chi connectivity index (χ4n) is 5.42. The number of hydrogen-bond acceptors (Lipinski definition) is 6. The summed E-state index contributed by atoms with van der Waals surface area (Å²) >= 11 is 0. The summed E-state index contributed by atoms with van der Waals surface area (Å²) in [5.41, 5.74) is 3.18. The SMILES string of the molecule is Cc1nc(-c2cn3c(n2)-c2ccc(C4CCN(CC(=O)CC(C)C)CC4)cc2OCC3)n(C(C)C)n1. The number of aryl methyl sites for hydroxylation is 1. The highest BCUT2D eigenvalue weighted by Gasteiger charge is 2.26. The molecule has 36 heavy (non-hydrogen) atoms. The number of fused-ring (bicyclic) bond motifs is 3. The van der Waals surface area contributed by atoms with E-state index in [1.54, 1.807) is 0 Å². The molecule has 0 N–H and O–H groups in total. The Hall–Kier alpha value is -3.00. The van der Waals surface area contributed by atoms with E-state index < -0.39 is 0 Å². The molecule has 0 bridgehead atoms. The fraction of sp³-hybridized carbons (Fsp3) is 0.571. The Morgan fingerprint density at radius 1 is 1.08 bits per heavy atom. The number of nitrogens with zero attached hydrogens (tertiary/aromatic N) is 6. The van der Waals surface area contributed by atoms with Crippen molar-refractivity contribution < 1.29 is 9.53 Å². The lowest BCUT2D eigenvalue weighted by molar-refractivity contribution is -0.121. The van der Waals surface area contributed by atoms with E-state index in [-0.39, 0.29) is 6.04 Å². The topological polar surface area (TPSA) is 78.1 Å². The summed E-state index contributed by atoms with van der Waals surface area (Å²) in [6.45, 7) is 14.2. The van der Waals surface area contributed by atoms with Crippen LogP contribution in [0.15, 0.2) is 24.4 Å². The lowest BCUT2D eigenvalue weighted by atomic mass is 9.88. The molecule has 0 unspecified atom stereocenters.